The molecule has 110 valence electrons. The number of nitrogens with one attached hydrogen (secondary N) is 1. The van der Waals surface area contributed by atoms with Crippen LogP contribution in [0.15, 0.2) is 24.4 Å². The Labute approximate surface area is 123 Å². The molecule has 0 radical (unpaired) electrons. The maximum atomic E-state index is 13.2. The van der Waals surface area contributed by atoms with Crippen LogP contribution < -0.4 is 10.1 Å². The summed E-state index contributed by atoms with van der Waals surface area (Å²) < 4.78 is 18.5. The third-order valence-electron chi connectivity index (χ3n) is 2.37. The SMILES string of the molecule is CCNc1ncc(Cl)c(Oc2cc(F)ccc2[N+](=O)[O-])n1. The summed E-state index contributed by atoms with van der Waals surface area (Å²) in [6.07, 6.45) is 1.28. The van der Waals surface area contributed by atoms with Crippen molar-refractivity contribution >= 4 is 23.2 Å². The molecule has 1 heterocycles. The standard InChI is InChI=1S/C12H10ClFN4O3/c1-2-15-12-16-6-8(13)11(17-12)21-10-5-7(14)3-4-9(10)18(19)20/h3-6H,2H2,1H3,(H,15,16,17). The second kappa shape index (κ2) is 6.31. The molecule has 0 unspecified atom stereocenters. The summed E-state index contributed by atoms with van der Waals surface area (Å²) in [5.74, 6) is -0.817. The van der Waals surface area contributed by atoms with Crippen molar-refractivity contribution in [3.8, 4) is 11.6 Å². The zero-order chi connectivity index (χ0) is 15.4. The maximum absolute atomic E-state index is 13.2. The molecule has 0 bridgehead atoms. The summed E-state index contributed by atoms with van der Waals surface area (Å²) in [6.45, 7) is 2.41. The fourth-order valence-electron chi connectivity index (χ4n) is 1.49. The third-order valence-corrected chi connectivity index (χ3v) is 2.63. The van der Waals surface area contributed by atoms with Crippen LogP contribution in [0, 0.1) is 15.9 Å². The largest absolute Gasteiger partial charge is 0.430 e. The first-order valence-corrected chi connectivity index (χ1v) is 6.27. The third kappa shape index (κ3) is 3.54. The lowest BCUT2D eigenvalue weighted by atomic mass is 10.3. The second-order valence-electron chi connectivity index (χ2n) is 3.85. The Morgan fingerprint density at radius 3 is 2.95 bits per heavy atom. The van der Waals surface area contributed by atoms with Gasteiger partial charge in [0.1, 0.15) is 10.8 Å². The number of halogens is 2. The molecular weight excluding hydrogens is 303 g/mol. The predicted octanol–water partition coefficient (Wildman–Crippen LogP) is 3.40. The van der Waals surface area contributed by atoms with Gasteiger partial charge in [0.2, 0.25) is 17.6 Å². The minimum Gasteiger partial charge on any atom is -0.430 e. The average Bonchev–Trinajstić information content (AvgIpc) is 2.42. The van der Waals surface area contributed by atoms with Gasteiger partial charge in [-0.15, -0.1) is 0 Å². The van der Waals surface area contributed by atoms with E-state index in [1.807, 2.05) is 6.92 Å². The first kappa shape index (κ1) is 14.9. The van der Waals surface area contributed by atoms with Gasteiger partial charge in [0.25, 0.3) is 0 Å². The number of ether oxygens (including phenoxy) is 1. The van der Waals surface area contributed by atoms with Crippen LogP contribution in [0.25, 0.3) is 0 Å². The molecule has 0 saturated carbocycles. The molecule has 0 aliphatic heterocycles. The van der Waals surface area contributed by atoms with Crippen molar-refractivity contribution < 1.29 is 14.1 Å². The smallest absolute Gasteiger partial charge is 0.311 e. The molecule has 2 aromatic rings. The van der Waals surface area contributed by atoms with Gasteiger partial charge in [0.15, 0.2) is 0 Å². The van der Waals surface area contributed by atoms with Crippen molar-refractivity contribution in [1.82, 2.24) is 9.97 Å². The number of aromatic nitrogens is 2. The fourth-order valence-corrected chi connectivity index (χ4v) is 1.62. The van der Waals surface area contributed by atoms with Gasteiger partial charge in [-0.2, -0.15) is 4.98 Å². The Balaban J connectivity index is 2.39. The zero-order valence-corrected chi connectivity index (χ0v) is 11.6. The Hall–Kier alpha value is -2.48. The highest BCUT2D eigenvalue weighted by atomic mass is 35.5. The lowest BCUT2D eigenvalue weighted by molar-refractivity contribution is -0.385. The number of hydrogen-bond donors (Lipinski definition) is 1. The van der Waals surface area contributed by atoms with E-state index < -0.39 is 16.4 Å². The topological polar surface area (TPSA) is 90.2 Å². The summed E-state index contributed by atoms with van der Waals surface area (Å²) in [5.41, 5.74) is -0.393. The lowest BCUT2D eigenvalue weighted by Crippen LogP contribution is -2.03. The van der Waals surface area contributed by atoms with Crippen molar-refractivity contribution in [2.75, 3.05) is 11.9 Å². The van der Waals surface area contributed by atoms with E-state index >= 15 is 0 Å². The van der Waals surface area contributed by atoms with Crippen LogP contribution in [-0.2, 0) is 0 Å². The van der Waals surface area contributed by atoms with Crippen LogP contribution in [0.3, 0.4) is 0 Å². The predicted molar refractivity (Wildman–Crippen MR) is 74.3 cm³/mol. The molecule has 0 fully saturated rings. The van der Waals surface area contributed by atoms with Gasteiger partial charge in [0.05, 0.1) is 11.1 Å². The zero-order valence-electron chi connectivity index (χ0n) is 10.8. The molecular formula is C12H10ClFN4O3. The second-order valence-corrected chi connectivity index (χ2v) is 4.26. The van der Waals surface area contributed by atoms with E-state index in [2.05, 4.69) is 15.3 Å². The summed E-state index contributed by atoms with van der Waals surface area (Å²) in [5, 5.41) is 13.8. The molecule has 0 saturated heterocycles. The van der Waals surface area contributed by atoms with Crippen LogP contribution in [0.2, 0.25) is 5.02 Å². The highest BCUT2D eigenvalue weighted by molar-refractivity contribution is 6.31. The van der Waals surface area contributed by atoms with Gasteiger partial charge in [-0.05, 0) is 13.0 Å². The van der Waals surface area contributed by atoms with E-state index in [0.29, 0.717) is 6.54 Å². The summed E-state index contributed by atoms with van der Waals surface area (Å²) >= 11 is 5.88. The van der Waals surface area contributed by atoms with Gasteiger partial charge in [-0.3, -0.25) is 10.1 Å². The number of nitro groups is 1. The van der Waals surface area contributed by atoms with E-state index in [1.54, 1.807) is 0 Å². The first-order valence-electron chi connectivity index (χ1n) is 5.89. The lowest BCUT2D eigenvalue weighted by Gasteiger charge is -2.08. The molecule has 9 heteroatoms. The minimum absolute atomic E-state index is 0.0511. The highest BCUT2D eigenvalue weighted by Crippen LogP contribution is 2.34. The van der Waals surface area contributed by atoms with Crippen molar-refractivity contribution in [3.05, 3.63) is 45.4 Å². The van der Waals surface area contributed by atoms with Crippen LogP contribution in [0.5, 0.6) is 11.6 Å². The fraction of sp³-hybridized carbons (Fsp3) is 0.167. The molecule has 1 aromatic heterocycles. The molecule has 1 N–H and O–H groups in total. The van der Waals surface area contributed by atoms with Gasteiger partial charge in [0, 0.05) is 18.7 Å². The van der Waals surface area contributed by atoms with Gasteiger partial charge < -0.3 is 10.1 Å². The Morgan fingerprint density at radius 1 is 1.52 bits per heavy atom. The van der Waals surface area contributed by atoms with E-state index in [9.17, 15) is 14.5 Å². The summed E-state index contributed by atoms with van der Waals surface area (Å²) in [7, 11) is 0. The summed E-state index contributed by atoms with van der Waals surface area (Å²) in [4.78, 5) is 18.1. The van der Waals surface area contributed by atoms with Crippen molar-refractivity contribution in [1.29, 1.82) is 0 Å². The highest BCUT2D eigenvalue weighted by Gasteiger charge is 2.19. The van der Waals surface area contributed by atoms with Crippen LogP contribution >= 0.6 is 11.6 Å². The Morgan fingerprint density at radius 2 is 2.29 bits per heavy atom. The van der Waals surface area contributed by atoms with Gasteiger partial charge in [-0.25, -0.2) is 9.37 Å². The number of rotatable bonds is 5. The van der Waals surface area contributed by atoms with Crippen LogP contribution in [0.4, 0.5) is 16.0 Å². The molecule has 7 nitrogen and oxygen atoms in total. The first-order chi connectivity index (χ1) is 10.0. The van der Waals surface area contributed by atoms with E-state index in [4.69, 9.17) is 16.3 Å². The minimum atomic E-state index is -0.685. The molecule has 0 amide bonds. The molecule has 0 aliphatic carbocycles. The van der Waals surface area contributed by atoms with Gasteiger partial charge >= 0.3 is 5.69 Å². The summed E-state index contributed by atoms with van der Waals surface area (Å²) in [6, 6.07) is 2.87. The van der Waals surface area contributed by atoms with E-state index in [-0.39, 0.29) is 22.6 Å². The number of anilines is 1. The monoisotopic (exact) mass is 312 g/mol. The Bertz CT molecular complexity index is 684. The molecule has 21 heavy (non-hydrogen) atoms. The molecule has 0 atom stereocenters. The van der Waals surface area contributed by atoms with Gasteiger partial charge in [-0.1, -0.05) is 11.6 Å². The number of nitro benzene ring substituents is 1. The normalized spacial score (nSPS) is 10.2. The molecule has 0 aliphatic rings. The Kier molecular flexibility index (Phi) is 4.49. The number of hydrogen-bond acceptors (Lipinski definition) is 6. The molecule has 1 aromatic carbocycles. The van der Waals surface area contributed by atoms with Crippen LogP contribution in [0.1, 0.15) is 6.92 Å². The molecule has 0 spiro atoms. The quantitative estimate of drug-likeness (QED) is 0.672. The van der Waals surface area contributed by atoms with Crippen LogP contribution in [-0.4, -0.2) is 21.4 Å². The van der Waals surface area contributed by atoms with E-state index in [1.165, 1.54) is 6.20 Å². The van der Waals surface area contributed by atoms with Crippen molar-refractivity contribution in [2.45, 2.75) is 6.92 Å². The van der Waals surface area contributed by atoms with Crippen molar-refractivity contribution in [2.24, 2.45) is 0 Å². The molecule has 2 rings (SSSR count). The number of nitrogens with zero attached hydrogens (tertiary/aromatic N) is 3. The maximum Gasteiger partial charge on any atom is 0.311 e. The van der Waals surface area contributed by atoms with Crippen molar-refractivity contribution in [3.63, 3.8) is 0 Å². The average molecular weight is 313 g/mol. The van der Waals surface area contributed by atoms with E-state index in [0.717, 1.165) is 18.2 Å². The number of benzene rings is 1.